The Morgan fingerprint density at radius 1 is 0.939 bits per heavy atom. The highest BCUT2D eigenvalue weighted by Gasteiger charge is 2.20. The molecular formula is C27H22FN3O2. The summed E-state index contributed by atoms with van der Waals surface area (Å²) in [5.41, 5.74) is 11.0. The number of nitriles is 1. The monoisotopic (exact) mass is 439 g/mol. The first-order valence-corrected chi connectivity index (χ1v) is 10.3. The van der Waals surface area contributed by atoms with E-state index in [1.165, 1.54) is 12.1 Å². The summed E-state index contributed by atoms with van der Waals surface area (Å²) in [7, 11) is 1.55. The van der Waals surface area contributed by atoms with E-state index in [-0.39, 0.29) is 18.2 Å². The molecule has 3 aromatic carbocycles. The largest absolute Gasteiger partial charge is 0.493 e. The number of nitrogens with two attached hydrogens (primary N) is 1. The van der Waals surface area contributed by atoms with E-state index in [9.17, 15) is 9.65 Å². The molecule has 0 radical (unpaired) electrons. The maximum absolute atomic E-state index is 13.5. The lowest BCUT2D eigenvalue weighted by Gasteiger charge is -2.18. The zero-order valence-electron chi connectivity index (χ0n) is 18.3. The summed E-state index contributed by atoms with van der Waals surface area (Å²) >= 11 is 0. The van der Waals surface area contributed by atoms with Crippen molar-refractivity contribution in [1.29, 1.82) is 5.26 Å². The molecule has 6 heteroatoms. The SMILES string of the molecule is COc1cc(-c2c(C#N)c(N)nc(C)c2-c2ccccc2)ccc1OCc1cccc(F)c1. The fourth-order valence-electron chi connectivity index (χ4n) is 3.82. The number of ether oxygens (including phenoxy) is 2. The van der Waals surface area contributed by atoms with Gasteiger partial charge >= 0.3 is 0 Å². The van der Waals surface area contributed by atoms with Gasteiger partial charge in [-0.05, 0) is 47.9 Å². The minimum absolute atomic E-state index is 0.176. The number of aryl methyl sites for hydroxylation is 1. The molecule has 1 aromatic heterocycles. The Hall–Kier alpha value is -4.37. The fraction of sp³-hybridized carbons (Fsp3) is 0.111. The van der Waals surface area contributed by atoms with Crippen molar-refractivity contribution in [2.45, 2.75) is 13.5 Å². The van der Waals surface area contributed by atoms with Gasteiger partial charge in [0.1, 0.15) is 29.9 Å². The Labute approximate surface area is 191 Å². The predicted octanol–water partition coefficient (Wildman–Crippen LogP) is 5.90. The number of rotatable bonds is 6. The Morgan fingerprint density at radius 2 is 1.73 bits per heavy atom. The molecule has 0 amide bonds. The Balaban J connectivity index is 1.80. The van der Waals surface area contributed by atoms with Crippen molar-refractivity contribution in [3.8, 4) is 39.8 Å². The molecule has 0 unspecified atom stereocenters. The number of nitrogen functional groups attached to an aromatic ring is 1. The Morgan fingerprint density at radius 3 is 2.42 bits per heavy atom. The van der Waals surface area contributed by atoms with E-state index < -0.39 is 0 Å². The summed E-state index contributed by atoms with van der Waals surface area (Å²) in [6.45, 7) is 2.06. The van der Waals surface area contributed by atoms with Crippen LogP contribution in [-0.4, -0.2) is 12.1 Å². The number of hydrogen-bond acceptors (Lipinski definition) is 5. The molecule has 0 fully saturated rings. The van der Waals surface area contributed by atoms with Crippen LogP contribution in [0.2, 0.25) is 0 Å². The molecule has 0 bridgehead atoms. The number of pyridine rings is 1. The van der Waals surface area contributed by atoms with Gasteiger partial charge in [0.05, 0.1) is 7.11 Å². The van der Waals surface area contributed by atoms with Crippen LogP contribution >= 0.6 is 0 Å². The van der Waals surface area contributed by atoms with E-state index in [2.05, 4.69) is 11.1 Å². The molecule has 0 atom stereocenters. The minimum Gasteiger partial charge on any atom is -0.493 e. The third kappa shape index (κ3) is 4.48. The van der Waals surface area contributed by atoms with E-state index in [1.54, 1.807) is 25.3 Å². The van der Waals surface area contributed by atoms with Gasteiger partial charge in [0, 0.05) is 16.8 Å². The van der Waals surface area contributed by atoms with E-state index in [4.69, 9.17) is 15.2 Å². The lowest BCUT2D eigenvalue weighted by Crippen LogP contribution is -2.04. The van der Waals surface area contributed by atoms with E-state index in [1.807, 2.05) is 49.4 Å². The van der Waals surface area contributed by atoms with Crippen LogP contribution < -0.4 is 15.2 Å². The Bertz CT molecular complexity index is 1350. The van der Waals surface area contributed by atoms with Gasteiger partial charge in [-0.2, -0.15) is 5.26 Å². The molecule has 0 aliphatic heterocycles. The van der Waals surface area contributed by atoms with E-state index in [0.717, 1.165) is 22.4 Å². The van der Waals surface area contributed by atoms with E-state index >= 15 is 0 Å². The number of hydrogen-bond donors (Lipinski definition) is 1. The first kappa shape index (κ1) is 21.8. The van der Waals surface area contributed by atoms with Crippen LogP contribution in [-0.2, 0) is 6.61 Å². The third-order valence-corrected chi connectivity index (χ3v) is 5.32. The maximum Gasteiger partial charge on any atom is 0.161 e. The number of methoxy groups -OCH3 is 1. The van der Waals surface area contributed by atoms with Crippen LogP contribution in [0.4, 0.5) is 10.2 Å². The molecule has 4 rings (SSSR count). The molecule has 2 N–H and O–H groups in total. The summed E-state index contributed by atoms with van der Waals surface area (Å²) in [6.07, 6.45) is 0. The number of nitrogens with zero attached hydrogens (tertiary/aromatic N) is 2. The van der Waals surface area contributed by atoms with Crippen molar-refractivity contribution < 1.29 is 13.9 Å². The average molecular weight is 439 g/mol. The standard InChI is InChI=1S/C27H22FN3O2/c1-17-25(19-8-4-3-5-9-19)26(22(15-29)27(30)31-17)20-11-12-23(24(14-20)32-2)33-16-18-7-6-10-21(28)13-18/h3-14H,16H2,1-2H3,(H2,30,31). The van der Waals surface area contributed by atoms with Gasteiger partial charge in [0.2, 0.25) is 0 Å². The van der Waals surface area contributed by atoms with Crippen LogP contribution in [0.25, 0.3) is 22.3 Å². The van der Waals surface area contributed by atoms with Gasteiger partial charge in [-0.1, -0.05) is 48.5 Å². The zero-order valence-corrected chi connectivity index (χ0v) is 18.3. The van der Waals surface area contributed by atoms with Crippen molar-refractivity contribution in [3.05, 3.63) is 95.4 Å². The summed E-state index contributed by atoms with van der Waals surface area (Å²) < 4.78 is 24.9. The van der Waals surface area contributed by atoms with Crippen molar-refractivity contribution >= 4 is 5.82 Å². The van der Waals surface area contributed by atoms with Crippen molar-refractivity contribution in [3.63, 3.8) is 0 Å². The third-order valence-electron chi connectivity index (χ3n) is 5.32. The average Bonchev–Trinajstić information content (AvgIpc) is 2.83. The van der Waals surface area contributed by atoms with Crippen LogP contribution in [0.1, 0.15) is 16.8 Å². The smallest absolute Gasteiger partial charge is 0.161 e. The second kappa shape index (κ2) is 9.41. The summed E-state index contributed by atoms with van der Waals surface area (Å²) in [6, 6.07) is 23.6. The van der Waals surface area contributed by atoms with Crippen LogP contribution in [0.3, 0.4) is 0 Å². The van der Waals surface area contributed by atoms with Gasteiger partial charge in [-0.25, -0.2) is 9.37 Å². The molecule has 33 heavy (non-hydrogen) atoms. The maximum atomic E-state index is 13.5. The molecule has 0 saturated carbocycles. The normalized spacial score (nSPS) is 10.5. The van der Waals surface area contributed by atoms with Gasteiger partial charge in [-0.15, -0.1) is 0 Å². The number of anilines is 1. The van der Waals surface area contributed by atoms with Crippen LogP contribution in [0, 0.1) is 24.1 Å². The lowest BCUT2D eigenvalue weighted by atomic mass is 9.90. The molecular weight excluding hydrogens is 417 g/mol. The van der Waals surface area contributed by atoms with Crippen molar-refractivity contribution in [1.82, 2.24) is 4.98 Å². The molecule has 0 aliphatic rings. The van der Waals surface area contributed by atoms with Gasteiger partial charge < -0.3 is 15.2 Å². The van der Waals surface area contributed by atoms with Crippen molar-refractivity contribution in [2.24, 2.45) is 0 Å². The predicted molar refractivity (Wildman–Crippen MR) is 126 cm³/mol. The first-order chi connectivity index (χ1) is 16.0. The molecule has 0 aliphatic carbocycles. The minimum atomic E-state index is -0.318. The molecule has 0 saturated heterocycles. The molecule has 4 aromatic rings. The summed E-state index contributed by atoms with van der Waals surface area (Å²) in [5, 5.41) is 9.88. The number of halogens is 1. The number of benzene rings is 3. The van der Waals surface area contributed by atoms with Gasteiger partial charge in [-0.3, -0.25) is 0 Å². The lowest BCUT2D eigenvalue weighted by molar-refractivity contribution is 0.284. The number of aromatic nitrogens is 1. The van der Waals surface area contributed by atoms with E-state index in [0.29, 0.717) is 28.2 Å². The Kier molecular flexibility index (Phi) is 6.23. The first-order valence-electron chi connectivity index (χ1n) is 10.3. The summed E-state index contributed by atoms with van der Waals surface area (Å²) in [5.74, 6) is 0.848. The van der Waals surface area contributed by atoms with Gasteiger partial charge in [0.15, 0.2) is 11.5 Å². The molecule has 0 spiro atoms. The highest BCUT2D eigenvalue weighted by molar-refractivity contribution is 5.91. The second-order valence-electron chi connectivity index (χ2n) is 7.47. The highest BCUT2D eigenvalue weighted by atomic mass is 19.1. The van der Waals surface area contributed by atoms with Crippen LogP contribution in [0.15, 0.2) is 72.8 Å². The molecule has 164 valence electrons. The molecule has 5 nitrogen and oxygen atoms in total. The molecule has 1 heterocycles. The fourth-order valence-corrected chi connectivity index (χ4v) is 3.82. The zero-order chi connectivity index (χ0) is 23.4. The summed E-state index contributed by atoms with van der Waals surface area (Å²) in [4.78, 5) is 4.41. The van der Waals surface area contributed by atoms with Crippen LogP contribution in [0.5, 0.6) is 11.5 Å². The quantitative estimate of drug-likeness (QED) is 0.404. The highest BCUT2D eigenvalue weighted by Crippen LogP contribution is 2.41. The van der Waals surface area contributed by atoms with Crippen molar-refractivity contribution in [2.75, 3.05) is 12.8 Å². The van der Waals surface area contributed by atoms with Gasteiger partial charge in [0.25, 0.3) is 0 Å². The topological polar surface area (TPSA) is 81.2 Å². The second-order valence-corrected chi connectivity index (χ2v) is 7.47.